The van der Waals surface area contributed by atoms with Crippen LogP contribution in [-0.4, -0.2) is 14.8 Å². The third-order valence-corrected chi connectivity index (χ3v) is 4.01. The molecule has 1 aromatic carbocycles. The molecular weight excluding hydrogens is 286 g/mol. The lowest BCUT2D eigenvalue weighted by Crippen LogP contribution is -2.03. The Morgan fingerprint density at radius 1 is 1.04 bits per heavy atom. The lowest BCUT2D eigenvalue weighted by atomic mass is 10.1. The highest BCUT2D eigenvalue weighted by Gasteiger charge is 2.16. The van der Waals surface area contributed by atoms with Crippen LogP contribution in [0.5, 0.6) is 0 Å². The molecule has 3 rings (SSSR count). The Hall–Kier alpha value is -2.10. The molecule has 2 heterocycles. The maximum absolute atomic E-state index is 5.91. The fourth-order valence-electron chi connectivity index (χ4n) is 2.80. The summed E-state index contributed by atoms with van der Waals surface area (Å²) >= 11 is 0. The highest BCUT2D eigenvalue weighted by atomic mass is 16.4. The third-order valence-electron chi connectivity index (χ3n) is 4.01. The predicted molar refractivity (Wildman–Crippen MR) is 93.2 cm³/mol. The van der Waals surface area contributed by atoms with Crippen LogP contribution in [0.2, 0.25) is 0 Å². The van der Waals surface area contributed by atoms with Gasteiger partial charge in [-0.25, -0.2) is 0 Å². The van der Waals surface area contributed by atoms with Crippen LogP contribution in [0.3, 0.4) is 0 Å². The molecule has 122 valence electrons. The van der Waals surface area contributed by atoms with Crippen molar-refractivity contribution < 1.29 is 4.42 Å². The number of nitrogens with zero attached hydrogens (tertiary/aromatic N) is 3. The summed E-state index contributed by atoms with van der Waals surface area (Å²) in [5, 5.41) is 9.71. The number of para-hydroxylation sites is 1. The van der Waals surface area contributed by atoms with Gasteiger partial charge in [-0.15, -0.1) is 10.2 Å². The smallest absolute Gasteiger partial charge is 0.264 e. The molecule has 0 N–H and O–H groups in total. The molecule has 0 amide bonds. The number of fused-ring (bicyclic) bond motifs is 1. The Morgan fingerprint density at radius 2 is 1.83 bits per heavy atom. The molecule has 2 aromatic heterocycles. The summed E-state index contributed by atoms with van der Waals surface area (Å²) in [6.07, 6.45) is 1.94. The first-order valence-electron chi connectivity index (χ1n) is 8.45. The maximum atomic E-state index is 5.91. The molecule has 4 nitrogen and oxygen atoms in total. The highest BCUT2D eigenvalue weighted by molar-refractivity contribution is 5.85. The van der Waals surface area contributed by atoms with E-state index < -0.39 is 0 Å². The molecule has 0 aliphatic carbocycles. The second-order valence-electron chi connectivity index (χ2n) is 7.02. The summed E-state index contributed by atoms with van der Waals surface area (Å²) in [5.41, 5.74) is 2.25. The van der Waals surface area contributed by atoms with Gasteiger partial charge in [0.2, 0.25) is 5.89 Å². The van der Waals surface area contributed by atoms with Gasteiger partial charge in [-0.3, -0.25) is 0 Å². The quantitative estimate of drug-likeness (QED) is 0.648. The molecule has 0 aliphatic heterocycles. The summed E-state index contributed by atoms with van der Waals surface area (Å²) < 4.78 is 8.22. The number of hydrogen-bond donors (Lipinski definition) is 0. The highest BCUT2D eigenvalue weighted by Crippen LogP contribution is 2.28. The minimum absolute atomic E-state index is 0.509. The molecule has 0 saturated heterocycles. The Balaban J connectivity index is 2.01. The Bertz CT molecular complexity index is 783. The van der Waals surface area contributed by atoms with Crippen molar-refractivity contribution in [2.24, 2.45) is 11.8 Å². The van der Waals surface area contributed by atoms with E-state index in [4.69, 9.17) is 4.42 Å². The van der Waals surface area contributed by atoms with E-state index in [1.54, 1.807) is 0 Å². The van der Waals surface area contributed by atoms with Crippen molar-refractivity contribution in [1.29, 1.82) is 0 Å². The van der Waals surface area contributed by atoms with Gasteiger partial charge in [-0.2, -0.15) is 0 Å². The molecule has 0 spiro atoms. The second kappa shape index (κ2) is 6.57. The molecule has 0 radical (unpaired) electrons. The van der Waals surface area contributed by atoms with E-state index in [0.29, 0.717) is 17.7 Å². The zero-order valence-electron chi connectivity index (χ0n) is 14.4. The average molecular weight is 311 g/mol. The second-order valence-corrected chi connectivity index (χ2v) is 7.02. The van der Waals surface area contributed by atoms with Crippen molar-refractivity contribution in [3.63, 3.8) is 0 Å². The van der Waals surface area contributed by atoms with Crippen molar-refractivity contribution in [3.8, 4) is 11.6 Å². The fraction of sp³-hybridized carbons (Fsp3) is 0.474. The normalized spacial score (nSPS) is 11.9. The molecule has 4 heteroatoms. The van der Waals surface area contributed by atoms with E-state index in [1.165, 1.54) is 10.9 Å². The summed E-state index contributed by atoms with van der Waals surface area (Å²) in [6, 6.07) is 10.6. The first-order valence-corrected chi connectivity index (χ1v) is 8.45. The molecule has 0 saturated carbocycles. The monoisotopic (exact) mass is 311 g/mol. The predicted octanol–water partition coefficient (Wildman–Crippen LogP) is 4.94. The van der Waals surface area contributed by atoms with Crippen LogP contribution < -0.4 is 0 Å². The largest absolute Gasteiger partial charge is 0.419 e. The van der Waals surface area contributed by atoms with Gasteiger partial charge in [-0.1, -0.05) is 45.9 Å². The third kappa shape index (κ3) is 3.46. The van der Waals surface area contributed by atoms with E-state index >= 15 is 0 Å². The van der Waals surface area contributed by atoms with Crippen molar-refractivity contribution in [2.75, 3.05) is 0 Å². The van der Waals surface area contributed by atoms with Crippen LogP contribution in [0.25, 0.3) is 22.5 Å². The van der Waals surface area contributed by atoms with E-state index in [1.807, 2.05) is 0 Å². The fourth-order valence-corrected chi connectivity index (χ4v) is 2.80. The number of aryl methyl sites for hydroxylation is 1. The van der Waals surface area contributed by atoms with Gasteiger partial charge in [0.05, 0.1) is 0 Å². The molecular formula is C19H25N3O. The van der Waals surface area contributed by atoms with Crippen LogP contribution in [0.1, 0.15) is 40.0 Å². The SMILES string of the molecule is CC(C)CCn1c(-c2nnc(CC(C)C)o2)cc2ccccc21. The van der Waals surface area contributed by atoms with Crippen molar-refractivity contribution in [3.05, 3.63) is 36.2 Å². The number of aromatic nitrogens is 3. The summed E-state index contributed by atoms with van der Waals surface area (Å²) in [5.74, 6) is 2.51. The standard InChI is InChI=1S/C19H25N3O/c1-13(2)9-10-22-16-8-6-5-7-15(16)12-17(22)19-21-20-18(23-19)11-14(3)4/h5-8,12-14H,9-11H2,1-4H3. The van der Waals surface area contributed by atoms with Gasteiger partial charge in [0.15, 0.2) is 0 Å². The van der Waals surface area contributed by atoms with Gasteiger partial charge < -0.3 is 8.98 Å². The number of hydrogen-bond acceptors (Lipinski definition) is 3. The van der Waals surface area contributed by atoms with Gasteiger partial charge >= 0.3 is 0 Å². The summed E-state index contributed by atoms with van der Waals surface area (Å²) in [7, 11) is 0. The van der Waals surface area contributed by atoms with Gasteiger partial charge in [0, 0.05) is 23.9 Å². The molecule has 0 aliphatic rings. The number of benzene rings is 1. The topological polar surface area (TPSA) is 43.9 Å². The zero-order chi connectivity index (χ0) is 16.4. The average Bonchev–Trinajstić information content (AvgIpc) is 3.08. The molecule has 0 fully saturated rings. The van der Waals surface area contributed by atoms with E-state index in [2.05, 4.69) is 72.8 Å². The van der Waals surface area contributed by atoms with E-state index in [9.17, 15) is 0 Å². The van der Waals surface area contributed by atoms with Crippen LogP contribution in [0, 0.1) is 11.8 Å². The van der Waals surface area contributed by atoms with Crippen LogP contribution in [0.15, 0.2) is 34.7 Å². The first kappa shape index (κ1) is 15.8. The van der Waals surface area contributed by atoms with E-state index in [0.717, 1.165) is 31.0 Å². The Labute approximate surface area is 137 Å². The molecule has 0 bridgehead atoms. The zero-order valence-corrected chi connectivity index (χ0v) is 14.4. The molecule has 23 heavy (non-hydrogen) atoms. The van der Waals surface area contributed by atoms with Crippen LogP contribution in [0.4, 0.5) is 0 Å². The summed E-state index contributed by atoms with van der Waals surface area (Å²) in [6.45, 7) is 9.77. The summed E-state index contributed by atoms with van der Waals surface area (Å²) in [4.78, 5) is 0. The van der Waals surface area contributed by atoms with Crippen molar-refractivity contribution in [1.82, 2.24) is 14.8 Å². The lowest BCUT2D eigenvalue weighted by molar-refractivity contribution is 0.461. The van der Waals surface area contributed by atoms with Crippen molar-refractivity contribution in [2.45, 2.75) is 47.1 Å². The van der Waals surface area contributed by atoms with Crippen LogP contribution in [-0.2, 0) is 13.0 Å². The minimum atomic E-state index is 0.509. The van der Waals surface area contributed by atoms with Crippen LogP contribution >= 0.6 is 0 Å². The first-order chi connectivity index (χ1) is 11.0. The maximum Gasteiger partial charge on any atom is 0.264 e. The van der Waals surface area contributed by atoms with Gasteiger partial charge in [0.25, 0.3) is 5.89 Å². The lowest BCUT2D eigenvalue weighted by Gasteiger charge is -2.10. The van der Waals surface area contributed by atoms with Gasteiger partial charge in [0.1, 0.15) is 5.69 Å². The Kier molecular flexibility index (Phi) is 4.51. The molecule has 3 aromatic rings. The Morgan fingerprint density at radius 3 is 2.57 bits per heavy atom. The van der Waals surface area contributed by atoms with Crippen molar-refractivity contribution >= 4 is 10.9 Å². The number of rotatable bonds is 6. The minimum Gasteiger partial charge on any atom is -0.419 e. The molecule has 0 atom stereocenters. The van der Waals surface area contributed by atoms with E-state index in [-0.39, 0.29) is 0 Å². The van der Waals surface area contributed by atoms with Gasteiger partial charge in [-0.05, 0) is 30.4 Å². The molecule has 0 unspecified atom stereocenters.